The van der Waals surface area contributed by atoms with Crippen LogP contribution in [0.3, 0.4) is 0 Å². The highest BCUT2D eigenvalue weighted by Crippen LogP contribution is 2.32. The molecule has 2 aromatic rings. The Morgan fingerprint density at radius 3 is 2.92 bits per heavy atom. The maximum Gasteiger partial charge on any atom is 0.266 e. The van der Waals surface area contributed by atoms with Crippen LogP contribution in [-0.4, -0.2) is 44.9 Å². The summed E-state index contributed by atoms with van der Waals surface area (Å²) >= 11 is 7.67. The minimum Gasteiger partial charge on any atom is -0.497 e. The molecule has 1 aromatic carbocycles. The van der Waals surface area contributed by atoms with Crippen molar-refractivity contribution in [2.75, 3.05) is 19.0 Å². The Kier molecular flexibility index (Phi) is 5.64. The molecular weight excluding hydrogens is 392 g/mol. The topological polar surface area (TPSA) is 84.4 Å². The van der Waals surface area contributed by atoms with Gasteiger partial charge >= 0.3 is 0 Å². The number of hydrogen-bond acceptors (Lipinski definition) is 8. The molecule has 7 nitrogen and oxygen atoms in total. The quantitative estimate of drug-likeness (QED) is 0.604. The van der Waals surface area contributed by atoms with Crippen LogP contribution >= 0.6 is 35.3 Å². The second kappa shape index (κ2) is 7.94. The number of aryl methyl sites for hydroxylation is 1. The van der Waals surface area contributed by atoms with Crippen LogP contribution in [0, 0.1) is 6.92 Å². The van der Waals surface area contributed by atoms with Crippen molar-refractivity contribution in [3.8, 4) is 5.75 Å². The van der Waals surface area contributed by atoms with Crippen molar-refractivity contribution in [3.63, 3.8) is 0 Å². The van der Waals surface area contributed by atoms with E-state index in [1.54, 1.807) is 20.1 Å². The lowest BCUT2D eigenvalue weighted by atomic mass is 10.2. The van der Waals surface area contributed by atoms with Crippen molar-refractivity contribution in [2.24, 2.45) is 0 Å². The normalized spacial score (nSPS) is 15.6. The SMILES string of the molecule is COc1cccc(C=C2SC(=S)N(CC(=O)Nc3nnc(C)s3)C2=O)c1. The van der Waals surface area contributed by atoms with E-state index in [2.05, 4.69) is 15.5 Å². The third-order valence-corrected chi connectivity index (χ3v) is 5.47. The van der Waals surface area contributed by atoms with E-state index in [-0.39, 0.29) is 18.4 Å². The van der Waals surface area contributed by atoms with Crippen LogP contribution in [0.4, 0.5) is 5.13 Å². The number of thiocarbonyl (C=S) groups is 1. The van der Waals surface area contributed by atoms with E-state index in [0.29, 0.717) is 20.1 Å². The first-order chi connectivity index (χ1) is 12.5. The highest BCUT2D eigenvalue weighted by Gasteiger charge is 2.33. The van der Waals surface area contributed by atoms with E-state index < -0.39 is 0 Å². The van der Waals surface area contributed by atoms with Gasteiger partial charge in [0.25, 0.3) is 5.91 Å². The molecule has 0 unspecified atom stereocenters. The van der Waals surface area contributed by atoms with Crippen LogP contribution in [-0.2, 0) is 9.59 Å². The molecule has 0 aliphatic carbocycles. The number of carbonyl (C=O) groups is 2. The fraction of sp³-hybridized carbons (Fsp3) is 0.188. The number of amides is 2. The summed E-state index contributed by atoms with van der Waals surface area (Å²) in [5, 5.41) is 11.4. The fourth-order valence-corrected chi connectivity index (χ4v) is 4.03. The lowest BCUT2D eigenvalue weighted by molar-refractivity contribution is -0.126. The summed E-state index contributed by atoms with van der Waals surface area (Å²) in [4.78, 5) is 26.5. The largest absolute Gasteiger partial charge is 0.497 e. The molecule has 0 bridgehead atoms. The lowest BCUT2D eigenvalue weighted by Gasteiger charge is -2.13. The first-order valence-corrected chi connectivity index (χ1v) is 9.50. The van der Waals surface area contributed by atoms with Gasteiger partial charge in [-0.15, -0.1) is 10.2 Å². The minimum atomic E-state index is -0.375. The molecule has 134 valence electrons. The monoisotopic (exact) mass is 406 g/mol. The number of methoxy groups -OCH3 is 1. The number of nitrogens with one attached hydrogen (secondary N) is 1. The Balaban J connectivity index is 1.70. The van der Waals surface area contributed by atoms with Gasteiger partial charge in [-0.3, -0.25) is 19.8 Å². The van der Waals surface area contributed by atoms with Crippen molar-refractivity contribution >= 4 is 62.7 Å². The number of aromatic nitrogens is 2. The number of thioether (sulfide) groups is 1. The number of ether oxygens (including phenoxy) is 1. The zero-order valence-corrected chi connectivity index (χ0v) is 16.3. The molecule has 1 fully saturated rings. The van der Waals surface area contributed by atoms with Crippen LogP contribution < -0.4 is 10.1 Å². The molecule has 2 amide bonds. The third-order valence-electron chi connectivity index (χ3n) is 3.34. The molecule has 1 N–H and O–H groups in total. The van der Waals surface area contributed by atoms with E-state index in [1.807, 2.05) is 24.3 Å². The second-order valence-corrected chi connectivity index (χ2v) is 8.08. The van der Waals surface area contributed by atoms with Gasteiger partial charge in [0.05, 0.1) is 12.0 Å². The molecule has 1 aliphatic rings. The molecule has 3 rings (SSSR count). The van der Waals surface area contributed by atoms with Gasteiger partial charge in [0.1, 0.15) is 21.6 Å². The Bertz CT molecular complexity index is 910. The molecular formula is C16H14N4O3S3. The number of nitrogens with zero attached hydrogens (tertiary/aromatic N) is 3. The minimum absolute atomic E-state index is 0.168. The van der Waals surface area contributed by atoms with Crippen molar-refractivity contribution in [1.29, 1.82) is 0 Å². The van der Waals surface area contributed by atoms with E-state index in [1.165, 1.54) is 28.0 Å². The highest BCUT2D eigenvalue weighted by molar-refractivity contribution is 8.26. The van der Waals surface area contributed by atoms with E-state index >= 15 is 0 Å². The molecule has 0 spiro atoms. The number of benzene rings is 1. The van der Waals surface area contributed by atoms with Crippen LogP contribution in [0.15, 0.2) is 29.2 Å². The first kappa shape index (κ1) is 18.5. The molecule has 1 aromatic heterocycles. The molecule has 0 radical (unpaired) electrons. The van der Waals surface area contributed by atoms with Crippen LogP contribution in [0.5, 0.6) is 5.75 Å². The van der Waals surface area contributed by atoms with Gasteiger partial charge < -0.3 is 4.74 Å². The summed E-state index contributed by atoms with van der Waals surface area (Å²) < 4.78 is 5.52. The van der Waals surface area contributed by atoms with Gasteiger partial charge in [0.2, 0.25) is 11.0 Å². The predicted octanol–water partition coefficient (Wildman–Crippen LogP) is 2.70. The maximum absolute atomic E-state index is 12.6. The standard InChI is InChI=1S/C16H14N4O3S3/c1-9-18-19-15(25-9)17-13(21)8-20-14(22)12(26-16(20)24)7-10-4-3-5-11(6-10)23-2/h3-7H,8H2,1-2H3,(H,17,19,21). The van der Waals surface area contributed by atoms with Gasteiger partial charge in [-0.1, -0.05) is 47.4 Å². The van der Waals surface area contributed by atoms with Gasteiger partial charge in [0.15, 0.2) is 0 Å². The Morgan fingerprint density at radius 1 is 1.42 bits per heavy atom. The van der Waals surface area contributed by atoms with Crippen molar-refractivity contribution in [3.05, 3.63) is 39.7 Å². The van der Waals surface area contributed by atoms with Crippen molar-refractivity contribution < 1.29 is 14.3 Å². The Hall–Kier alpha value is -2.30. The van der Waals surface area contributed by atoms with Gasteiger partial charge in [-0.25, -0.2) is 0 Å². The predicted molar refractivity (Wildman–Crippen MR) is 106 cm³/mol. The smallest absolute Gasteiger partial charge is 0.266 e. The maximum atomic E-state index is 12.6. The second-order valence-electron chi connectivity index (χ2n) is 5.22. The first-order valence-electron chi connectivity index (χ1n) is 7.45. The molecule has 1 aliphatic heterocycles. The Labute approximate surface area is 163 Å². The molecule has 2 heterocycles. The lowest BCUT2D eigenvalue weighted by Crippen LogP contribution is -2.36. The van der Waals surface area contributed by atoms with Crippen LogP contribution in [0.2, 0.25) is 0 Å². The molecule has 0 saturated carbocycles. The Morgan fingerprint density at radius 2 is 2.23 bits per heavy atom. The fourth-order valence-electron chi connectivity index (χ4n) is 2.17. The van der Waals surface area contributed by atoms with E-state index in [0.717, 1.165) is 10.6 Å². The van der Waals surface area contributed by atoms with Crippen LogP contribution in [0.1, 0.15) is 10.6 Å². The van der Waals surface area contributed by atoms with Gasteiger partial charge in [-0.05, 0) is 30.7 Å². The molecule has 10 heteroatoms. The number of rotatable bonds is 5. The average molecular weight is 407 g/mol. The zero-order chi connectivity index (χ0) is 18.7. The number of anilines is 1. The van der Waals surface area contributed by atoms with Gasteiger partial charge in [-0.2, -0.15) is 0 Å². The van der Waals surface area contributed by atoms with E-state index in [9.17, 15) is 9.59 Å². The van der Waals surface area contributed by atoms with E-state index in [4.69, 9.17) is 17.0 Å². The molecule has 0 atom stereocenters. The average Bonchev–Trinajstić information content (AvgIpc) is 3.13. The summed E-state index contributed by atoms with van der Waals surface area (Å²) in [6, 6.07) is 7.33. The summed E-state index contributed by atoms with van der Waals surface area (Å²) in [5.41, 5.74) is 0.818. The van der Waals surface area contributed by atoms with Crippen molar-refractivity contribution in [1.82, 2.24) is 15.1 Å². The molecule has 26 heavy (non-hydrogen) atoms. The summed E-state index contributed by atoms with van der Waals surface area (Å²) in [5.74, 6) is 0.0208. The third kappa shape index (κ3) is 4.26. The summed E-state index contributed by atoms with van der Waals surface area (Å²) in [6.07, 6.45) is 1.73. The number of hydrogen-bond donors (Lipinski definition) is 1. The van der Waals surface area contributed by atoms with Crippen molar-refractivity contribution in [2.45, 2.75) is 6.92 Å². The summed E-state index contributed by atoms with van der Waals surface area (Å²) in [7, 11) is 1.58. The highest BCUT2D eigenvalue weighted by atomic mass is 32.2. The zero-order valence-electron chi connectivity index (χ0n) is 13.9. The molecule has 1 saturated heterocycles. The van der Waals surface area contributed by atoms with Crippen LogP contribution in [0.25, 0.3) is 6.08 Å². The van der Waals surface area contributed by atoms with Gasteiger partial charge in [0, 0.05) is 0 Å². The summed E-state index contributed by atoms with van der Waals surface area (Å²) in [6.45, 7) is 1.62. The number of carbonyl (C=O) groups excluding carboxylic acids is 2.